The molecule has 6 nitrogen and oxygen atoms in total. The summed E-state index contributed by atoms with van der Waals surface area (Å²) >= 11 is 0. The zero-order valence-electron chi connectivity index (χ0n) is 11.5. The Kier molecular flexibility index (Phi) is 4.22. The molecular weight excluding hydrogens is 262 g/mol. The number of nitro benzene ring substituents is 1. The van der Waals surface area contributed by atoms with Crippen LogP contribution in [0.1, 0.15) is 36.0 Å². The zero-order valence-corrected chi connectivity index (χ0v) is 11.5. The summed E-state index contributed by atoms with van der Waals surface area (Å²) in [6.45, 7) is 0. The Bertz CT molecular complexity index is 535. The average Bonchev–Trinajstić information content (AvgIpc) is 2.98. The van der Waals surface area contributed by atoms with Gasteiger partial charge in [-0.25, -0.2) is 0 Å². The Labute approximate surface area is 116 Å². The quantitative estimate of drug-likeness (QED) is 0.470. The van der Waals surface area contributed by atoms with Crippen molar-refractivity contribution in [3.63, 3.8) is 0 Å². The number of carbonyl (C=O) groups excluding carboxylic acids is 1. The zero-order chi connectivity index (χ0) is 14.7. The van der Waals surface area contributed by atoms with Gasteiger partial charge in [0.2, 0.25) is 0 Å². The highest BCUT2D eigenvalue weighted by molar-refractivity contribution is 6.02. The molecule has 0 heterocycles. The van der Waals surface area contributed by atoms with Gasteiger partial charge < -0.3 is 9.47 Å². The number of nitro groups is 1. The lowest BCUT2D eigenvalue weighted by molar-refractivity contribution is -0.385. The van der Waals surface area contributed by atoms with Crippen molar-refractivity contribution in [2.24, 2.45) is 5.92 Å². The summed E-state index contributed by atoms with van der Waals surface area (Å²) in [5.41, 5.74) is -0.112. The van der Waals surface area contributed by atoms with Gasteiger partial charge in [0.25, 0.3) is 5.69 Å². The first kappa shape index (κ1) is 14.3. The third-order valence-corrected chi connectivity index (χ3v) is 3.69. The van der Waals surface area contributed by atoms with Crippen molar-refractivity contribution in [3.8, 4) is 11.5 Å². The molecule has 0 unspecified atom stereocenters. The molecule has 0 amide bonds. The summed E-state index contributed by atoms with van der Waals surface area (Å²) in [5, 5.41) is 11.2. The van der Waals surface area contributed by atoms with Crippen molar-refractivity contribution in [2.45, 2.75) is 25.7 Å². The minimum atomic E-state index is -0.551. The molecule has 0 N–H and O–H groups in total. The van der Waals surface area contributed by atoms with Gasteiger partial charge >= 0.3 is 0 Å². The summed E-state index contributed by atoms with van der Waals surface area (Å²) in [6.07, 6.45) is 3.59. The molecule has 0 aromatic heterocycles. The second-order valence-electron chi connectivity index (χ2n) is 4.83. The fourth-order valence-corrected chi connectivity index (χ4v) is 2.62. The van der Waals surface area contributed by atoms with Crippen LogP contribution in [0.2, 0.25) is 0 Å². The van der Waals surface area contributed by atoms with E-state index >= 15 is 0 Å². The molecule has 1 aliphatic rings. The van der Waals surface area contributed by atoms with Crippen molar-refractivity contribution in [1.29, 1.82) is 0 Å². The molecule has 0 spiro atoms. The van der Waals surface area contributed by atoms with Gasteiger partial charge in [-0.05, 0) is 12.8 Å². The van der Waals surface area contributed by atoms with Crippen LogP contribution in [-0.4, -0.2) is 24.9 Å². The van der Waals surface area contributed by atoms with Crippen molar-refractivity contribution in [3.05, 3.63) is 27.8 Å². The number of Topliss-reactive ketones (excluding diaryl/α,β-unsaturated/α-hetero) is 1. The smallest absolute Gasteiger partial charge is 0.284 e. The van der Waals surface area contributed by atoms with Crippen molar-refractivity contribution in [2.75, 3.05) is 14.2 Å². The summed E-state index contributed by atoms with van der Waals surface area (Å²) in [4.78, 5) is 23.1. The van der Waals surface area contributed by atoms with Crippen molar-refractivity contribution >= 4 is 11.5 Å². The molecular formula is C14H17NO5. The van der Waals surface area contributed by atoms with E-state index in [4.69, 9.17) is 9.47 Å². The topological polar surface area (TPSA) is 78.7 Å². The first-order valence-electron chi connectivity index (χ1n) is 6.53. The molecule has 108 valence electrons. The molecule has 1 aromatic carbocycles. The Morgan fingerprint density at radius 2 is 1.75 bits per heavy atom. The monoisotopic (exact) mass is 279 g/mol. The van der Waals surface area contributed by atoms with Crippen LogP contribution in [0.3, 0.4) is 0 Å². The highest BCUT2D eigenvalue weighted by Crippen LogP contribution is 2.37. The van der Waals surface area contributed by atoms with E-state index < -0.39 is 4.92 Å². The van der Waals surface area contributed by atoms with Gasteiger partial charge in [0.1, 0.15) is 0 Å². The molecule has 20 heavy (non-hydrogen) atoms. The van der Waals surface area contributed by atoms with E-state index in [1.807, 2.05) is 0 Å². The third kappa shape index (κ3) is 2.59. The van der Waals surface area contributed by atoms with Crippen LogP contribution in [0.25, 0.3) is 0 Å². The first-order valence-corrected chi connectivity index (χ1v) is 6.53. The number of rotatable bonds is 5. The van der Waals surface area contributed by atoms with E-state index in [9.17, 15) is 14.9 Å². The first-order chi connectivity index (χ1) is 9.58. The second kappa shape index (κ2) is 5.90. The van der Waals surface area contributed by atoms with Crippen LogP contribution in [0.4, 0.5) is 5.69 Å². The number of ether oxygens (including phenoxy) is 2. The number of carbonyl (C=O) groups is 1. The number of benzene rings is 1. The lowest BCUT2D eigenvalue weighted by Crippen LogP contribution is -2.13. The number of nitrogens with zero attached hydrogens (tertiary/aromatic N) is 1. The SMILES string of the molecule is COc1cc(C(=O)C2CCCC2)c([N+](=O)[O-])cc1OC. The summed E-state index contributed by atoms with van der Waals surface area (Å²) in [6, 6.07) is 2.67. The Morgan fingerprint density at radius 1 is 1.20 bits per heavy atom. The van der Waals surface area contributed by atoms with Gasteiger partial charge in [0, 0.05) is 12.0 Å². The second-order valence-corrected chi connectivity index (χ2v) is 4.83. The normalized spacial score (nSPS) is 15.1. The maximum Gasteiger partial charge on any atom is 0.284 e. The number of hydrogen-bond acceptors (Lipinski definition) is 5. The van der Waals surface area contributed by atoms with Gasteiger partial charge in [0.15, 0.2) is 17.3 Å². The predicted octanol–water partition coefficient (Wildman–Crippen LogP) is 2.98. The molecule has 1 aliphatic carbocycles. The van der Waals surface area contributed by atoms with Gasteiger partial charge in [-0.2, -0.15) is 0 Å². The molecule has 1 saturated carbocycles. The number of methoxy groups -OCH3 is 2. The van der Waals surface area contributed by atoms with Crippen LogP contribution < -0.4 is 9.47 Å². The minimum absolute atomic E-state index is 0.111. The van der Waals surface area contributed by atoms with Crippen LogP contribution in [-0.2, 0) is 0 Å². The molecule has 1 fully saturated rings. The van der Waals surface area contributed by atoms with E-state index in [2.05, 4.69) is 0 Å². The van der Waals surface area contributed by atoms with Crippen LogP contribution in [0.5, 0.6) is 11.5 Å². The summed E-state index contributed by atoms with van der Waals surface area (Å²) < 4.78 is 10.2. The lowest BCUT2D eigenvalue weighted by atomic mass is 9.95. The third-order valence-electron chi connectivity index (χ3n) is 3.69. The number of ketones is 1. The standard InChI is InChI=1S/C14H17NO5/c1-19-12-7-10(14(16)9-5-3-4-6-9)11(15(17)18)8-13(12)20-2/h7-9H,3-6H2,1-2H3. The van der Waals surface area contributed by atoms with Crippen molar-refractivity contribution in [1.82, 2.24) is 0 Å². The Hall–Kier alpha value is -2.11. The van der Waals surface area contributed by atoms with E-state index in [0.717, 1.165) is 25.7 Å². The highest BCUT2D eigenvalue weighted by atomic mass is 16.6. The number of hydrogen-bond donors (Lipinski definition) is 0. The average molecular weight is 279 g/mol. The molecule has 0 radical (unpaired) electrons. The molecule has 1 aromatic rings. The van der Waals surface area contributed by atoms with Crippen LogP contribution >= 0.6 is 0 Å². The molecule has 0 bridgehead atoms. The predicted molar refractivity (Wildman–Crippen MR) is 72.5 cm³/mol. The van der Waals surface area contributed by atoms with Crippen molar-refractivity contribution < 1.29 is 19.2 Å². The van der Waals surface area contributed by atoms with Crippen LogP contribution in [0.15, 0.2) is 12.1 Å². The van der Waals surface area contributed by atoms with Crippen LogP contribution in [0, 0.1) is 16.0 Å². The van der Waals surface area contributed by atoms with Gasteiger partial charge in [0.05, 0.1) is 30.8 Å². The van der Waals surface area contributed by atoms with E-state index in [-0.39, 0.29) is 28.7 Å². The maximum atomic E-state index is 12.4. The van der Waals surface area contributed by atoms with E-state index in [1.165, 1.54) is 26.4 Å². The van der Waals surface area contributed by atoms with Gasteiger partial charge in [-0.3, -0.25) is 14.9 Å². The summed E-state index contributed by atoms with van der Waals surface area (Å²) in [5.74, 6) is 0.295. The minimum Gasteiger partial charge on any atom is -0.493 e. The Balaban J connectivity index is 2.48. The molecule has 0 saturated heterocycles. The molecule has 0 aliphatic heterocycles. The maximum absolute atomic E-state index is 12.4. The fraction of sp³-hybridized carbons (Fsp3) is 0.500. The van der Waals surface area contributed by atoms with E-state index in [0.29, 0.717) is 5.75 Å². The highest BCUT2D eigenvalue weighted by Gasteiger charge is 2.30. The van der Waals surface area contributed by atoms with Gasteiger partial charge in [-0.15, -0.1) is 0 Å². The fourth-order valence-electron chi connectivity index (χ4n) is 2.62. The molecule has 2 rings (SSSR count). The molecule has 6 heteroatoms. The Morgan fingerprint density at radius 3 is 2.25 bits per heavy atom. The largest absolute Gasteiger partial charge is 0.493 e. The summed E-state index contributed by atoms with van der Waals surface area (Å²) in [7, 11) is 2.84. The van der Waals surface area contributed by atoms with E-state index in [1.54, 1.807) is 0 Å². The lowest BCUT2D eigenvalue weighted by Gasteiger charge is -2.12. The van der Waals surface area contributed by atoms with Gasteiger partial charge in [-0.1, -0.05) is 12.8 Å². The molecule has 0 atom stereocenters.